The van der Waals surface area contributed by atoms with E-state index in [0.29, 0.717) is 6.54 Å². The number of nitrogens with two attached hydrogens (primary N) is 2. The zero-order valence-electron chi connectivity index (χ0n) is 24.0. The second-order valence-electron chi connectivity index (χ2n) is 9.16. The van der Waals surface area contributed by atoms with Crippen molar-refractivity contribution in [1.82, 2.24) is 14.8 Å². The maximum absolute atomic E-state index is 14.2. The summed E-state index contributed by atoms with van der Waals surface area (Å²) < 4.78 is 27.4. The predicted octanol–water partition coefficient (Wildman–Crippen LogP) is 4.30. The summed E-state index contributed by atoms with van der Waals surface area (Å²) in [6.07, 6.45) is 4.09. The summed E-state index contributed by atoms with van der Waals surface area (Å²) in [5, 5.41) is 9.72. The Morgan fingerprint density at radius 2 is 2.00 bits per heavy atom. The van der Waals surface area contributed by atoms with E-state index in [9.17, 15) is 23.5 Å². The number of amides is 2. The number of nitrogens with zero attached hydrogens (tertiary/aromatic N) is 3. The van der Waals surface area contributed by atoms with Gasteiger partial charge < -0.3 is 26.4 Å². The van der Waals surface area contributed by atoms with E-state index in [1.165, 1.54) is 26.8 Å². The van der Waals surface area contributed by atoms with Crippen LogP contribution in [-0.2, 0) is 11.3 Å². The molecule has 0 saturated carbocycles. The summed E-state index contributed by atoms with van der Waals surface area (Å²) >= 11 is 0.968. The number of primary amides is 1. The Kier molecular flexibility index (Phi) is 16.4. The van der Waals surface area contributed by atoms with Gasteiger partial charge in [-0.05, 0) is 51.7 Å². The number of hydrogen-bond acceptors (Lipinski definition) is 7. The molecule has 1 aromatic rings. The van der Waals surface area contributed by atoms with Gasteiger partial charge in [0.15, 0.2) is 0 Å². The molecule has 1 atom stereocenters. The van der Waals surface area contributed by atoms with Crippen molar-refractivity contribution in [1.29, 1.82) is 0 Å². The number of hydrogen-bond donors (Lipinski definition) is 3. The number of thioether (sulfide) groups is 1. The molecule has 2 amide bonds. The summed E-state index contributed by atoms with van der Waals surface area (Å²) in [6.45, 7) is 14.2. The Morgan fingerprint density at radius 3 is 2.46 bits per heavy atom. The SMILES string of the molecule is C=C(\C=C(F)/C(=C/F)C(=C/C(C)C(N)=O)/SCN)C(C)(C)O.CC.CN(C)CCN1Cc2ncccc2C1=O. The number of aromatic nitrogens is 1. The average molecular weight is 568 g/mol. The van der Waals surface area contributed by atoms with Crippen LogP contribution in [0, 0.1) is 5.92 Å². The normalized spacial score (nSPS) is 14.7. The first-order valence-corrected chi connectivity index (χ1v) is 13.5. The number of rotatable bonds is 11. The topological polar surface area (TPSA) is 126 Å². The maximum Gasteiger partial charge on any atom is 0.256 e. The molecular weight excluding hydrogens is 524 g/mol. The number of likely N-dealkylation sites (N-methyl/N-ethyl adjacent to an activating group) is 1. The highest BCUT2D eigenvalue weighted by Gasteiger charge is 2.27. The van der Waals surface area contributed by atoms with Crippen LogP contribution in [0.1, 0.15) is 50.7 Å². The molecular formula is C28H43F2N5O3S. The third-order valence-electron chi connectivity index (χ3n) is 5.37. The van der Waals surface area contributed by atoms with Crippen LogP contribution in [0.4, 0.5) is 8.78 Å². The Morgan fingerprint density at radius 1 is 1.38 bits per heavy atom. The molecule has 0 bridgehead atoms. The highest BCUT2D eigenvalue weighted by molar-refractivity contribution is 8.03. The first-order valence-electron chi connectivity index (χ1n) is 12.5. The maximum atomic E-state index is 14.2. The van der Waals surface area contributed by atoms with Gasteiger partial charge >= 0.3 is 0 Å². The van der Waals surface area contributed by atoms with Gasteiger partial charge in [0.05, 0.1) is 41.2 Å². The van der Waals surface area contributed by atoms with Crippen LogP contribution in [-0.4, -0.2) is 70.4 Å². The molecule has 39 heavy (non-hydrogen) atoms. The van der Waals surface area contributed by atoms with E-state index in [4.69, 9.17) is 11.5 Å². The standard InChI is InChI=1S/C15H22F2N2O2S.C11H15N3O.C2H6/c1-9(14(19)20)5-13(22-8-18)11(7-16)12(17)6-10(2)15(3,4)21;1-13(2)6-7-14-8-10-9(11(14)15)4-3-5-12-10;1-2/h5-7,9,21H,2,8,18H2,1,3-4H3,(H2,19,20);3-5H,6-8H2,1-2H3;1-2H3/b11-7-,12-6+,13-5-;;. The first-order chi connectivity index (χ1) is 18.2. The number of carbonyl (C=O) groups is 2. The van der Waals surface area contributed by atoms with Gasteiger partial charge in [-0.2, -0.15) is 0 Å². The quantitative estimate of drug-likeness (QED) is 0.269. The van der Waals surface area contributed by atoms with Gasteiger partial charge in [0.2, 0.25) is 5.91 Å². The minimum Gasteiger partial charge on any atom is -0.386 e. The smallest absolute Gasteiger partial charge is 0.256 e. The fourth-order valence-corrected chi connectivity index (χ4v) is 3.71. The van der Waals surface area contributed by atoms with E-state index in [-0.39, 0.29) is 34.2 Å². The molecule has 1 aliphatic heterocycles. The van der Waals surface area contributed by atoms with E-state index in [1.807, 2.05) is 45.0 Å². The number of allylic oxidation sites excluding steroid dienone is 2. The molecule has 1 aliphatic rings. The van der Waals surface area contributed by atoms with Gasteiger partial charge in [0, 0.05) is 30.1 Å². The molecule has 0 radical (unpaired) electrons. The third kappa shape index (κ3) is 12.2. The fourth-order valence-electron chi connectivity index (χ4n) is 2.93. The molecule has 11 heteroatoms. The monoisotopic (exact) mass is 567 g/mol. The molecule has 218 valence electrons. The van der Waals surface area contributed by atoms with Gasteiger partial charge in [-0.3, -0.25) is 14.6 Å². The number of carbonyl (C=O) groups excluding carboxylic acids is 2. The first kappa shape index (κ1) is 36.1. The molecule has 2 heterocycles. The van der Waals surface area contributed by atoms with Crippen LogP contribution in [0.2, 0.25) is 0 Å². The van der Waals surface area contributed by atoms with Crippen LogP contribution < -0.4 is 11.5 Å². The minimum atomic E-state index is -1.34. The molecule has 0 aromatic carbocycles. The Hall–Kier alpha value is -2.86. The van der Waals surface area contributed by atoms with E-state index < -0.39 is 23.3 Å². The number of fused-ring (bicyclic) bond motifs is 1. The average Bonchev–Trinajstić information content (AvgIpc) is 3.19. The molecule has 2 rings (SSSR count). The van der Waals surface area contributed by atoms with Crippen molar-refractivity contribution in [3.8, 4) is 0 Å². The van der Waals surface area contributed by atoms with Gasteiger partial charge in [-0.25, -0.2) is 8.78 Å². The van der Waals surface area contributed by atoms with Gasteiger partial charge in [0.1, 0.15) is 5.83 Å². The second-order valence-corrected chi connectivity index (χ2v) is 10.2. The molecule has 8 nitrogen and oxygen atoms in total. The van der Waals surface area contributed by atoms with Crippen molar-refractivity contribution < 1.29 is 23.5 Å². The summed E-state index contributed by atoms with van der Waals surface area (Å²) in [4.78, 5) is 31.2. The molecule has 5 N–H and O–H groups in total. The minimum absolute atomic E-state index is 0.0639. The van der Waals surface area contributed by atoms with Crippen molar-refractivity contribution in [2.24, 2.45) is 17.4 Å². The molecule has 1 aromatic heterocycles. The predicted molar refractivity (Wildman–Crippen MR) is 156 cm³/mol. The lowest BCUT2D eigenvalue weighted by Gasteiger charge is -2.18. The number of halogens is 2. The lowest BCUT2D eigenvalue weighted by atomic mass is 9.98. The number of pyridine rings is 1. The molecule has 0 saturated heterocycles. The van der Waals surface area contributed by atoms with Crippen molar-refractivity contribution in [3.05, 3.63) is 76.5 Å². The fraction of sp³-hybridized carbons (Fsp3) is 0.464. The Balaban J connectivity index is 0.000000733. The molecule has 0 fully saturated rings. The summed E-state index contributed by atoms with van der Waals surface area (Å²) in [6, 6.07) is 3.66. The van der Waals surface area contributed by atoms with Crippen molar-refractivity contribution in [2.45, 2.75) is 46.8 Å². The zero-order valence-corrected chi connectivity index (χ0v) is 24.8. The lowest BCUT2D eigenvalue weighted by Crippen LogP contribution is -2.31. The van der Waals surface area contributed by atoms with Gasteiger partial charge in [-0.1, -0.05) is 33.4 Å². The zero-order chi connectivity index (χ0) is 30.3. The highest BCUT2D eigenvalue weighted by atomic mass is 32.2. The largest absolute Gasteiger partial charge is 0.386 e. The molecule has 1 unspecified atom stereocenters. The van der Waals surface area contributed by atoms with E-state index >= 15 is 0 Å². The van der Waals surface area contributed by atoms with Gasteiger partial charge in [-0.15, -0.1) is 11.8 Å². The number of aliphatic hydroxyl groups is 1. The van der Waals surface area contributed by atoms with E-state index in [0.717, 1.165) is 42.2 Å². The van der Waals surface area contributed by atoms with Crippen molar-refractivity contribution >= 4 is 23.6 Å². The molecule has 0 aliphatic carbocycles. The van der Waals surface area contributed by atoms with Crippen LogP contribution in [0.3, 0.4) is 0 Å². The van der Waals surface area contributed by atoms with Crippen LogP contribution in [0.15, 0.2) is 65.3 Å². The van der Waals surface area contributed by atoms with Crippen molar-refractivity contribution in [2.75, 3.05) is 33.1 Å². The van der Waals surface area contributed by atoms with Crippen LogP contribution in [0.25, 0.3) is 0 Å². The van der Waals surface area contributed by atoms with Crippen LogP contribution in [0.5, 0.6) is 0 Å². The van der Waals surface area contributed by atoms with E-state index in [1.54, 1.807) is 6.20 Å². The lowest BCUT2D eigenvalue weighted by molar-refractivity contribution is -0.120. The summed E-state index contributed by atoms with van der Waals surface area (Å²) in [7, 11) is 4.01. The second kappa shape index (κ2) is 17.7. The van der Waals surface area contributed by atoms with Gasteiger partial charge in [0.25, 0.3) is 5.91 Å². The summed E-state index contributed by atoms with van der Waals surface area (Å²) in [5.41, 5.74) is 10.6. The summed E-state index contributed by atoms with van der Waals surface area (Å²) in [5.74, 6) is -2.10. The Labute approximate surface area is 235 Å². The van der Waals surface area contributed by atoms with Crippen LogP contribution >= 0.6 is 11.8 Å². The molecule has 0 spiro atoms. The highest BCUT2D eigenvalue weighted by Crippen LogP contribution is 2.32. The Bertz CT molecular complexity index is 1070. The van der Waals surface area contributed by atoms with Crippen molar-refractivity contribution in [3.63, 3.8) is 0 Å². The third-order valence-corrected chi connectivity index (χ3v) is 6.21. The van der Waals surface area contributed by atoms with E-state index in [2.05, 4.69) is 16.5 Å².